The van der Waals surface area contributed by atoms with Crippen molar-refractivity contribution in [1.82, 2.24) is 4.90 Å². The molecule has 2 aliphatic heterocycles. The van der Waals surface area contributed by atoms with E-state index in [4.69, 9.17) is 4.74 Å². The molecule has 2 fully saturated rings. The summed E-state index contributed by atoms with van der Waals surface area (Å²) in [5.41, 5.74) is 0.968. The van der Waals surface area contributed by atoms with Crippen molar-refractivity contribution in [2.24, 2.45) is 5.92 Å². The molecule has 0 N–H and O–H groups in total. The Labute approximate surface area is 135 Å². The van der Waals surface area contributed by atoms with E-state index >= 15 is 0 Å². The summed E-state index contributed by atoms with van der Waals surface area (Å²) >= 11 is 0. The quantitative estimate of drug-likeness (QED) is 0.484. The Bertz CT molecular complexity index is 577. The molecule has 3 rings (SSSR count). The Morgan fingerprint density at radius 2 is 2.13 bits per heavy atom. The third-order valence-corrected chi connectivity index (χ3v) is 5.20. The molecule has 0 aromatic heterocycles. The third kappa shape index (κ3) is 3.08. The molecule has 0 spiro atoms. The zero-order valence-corrected chi connectivity index (χ0v) is 13.3. The fraction of sp³-hybridized carbons (Fsp3) is 0.588. The van der Waals surface area contributed by atoms with Crippen molar-refractivity contribution >= 4 is 5.97 Å². The van der Waals surface area contributed by atoms with Crippen LogP contribution < -0.4 is 0 Å². The number of carbonyl (C=O) groups excluding carboxylic acids is 1. The number of hydrogen-bond donors (Lipinski definition) is 0. The summed E-state index contributed by atoms with van der Waals surface area (Å²) in [6, 6.07) is 8.96. The second-order valence-corrected chi connectivity index (χ2v) is 6.44. The molecule has 0 amide bonds. The van der Waals surface area contributed by atoms with E-state index in [9.17, 15) is 14.9 Å². The highest BCUT2D eigenvalue weighted by Gasteiger charge is 2.52. The fourth-order valence-electron chi connectivity index (χ4n) is 4.25. The summed E-state index contributed by atoms with van der Waals surface area (Å²) in [5.74, 6) is -0.637. The molecule has 1 aromatic rings. The number of piperidine rings is 1. The number of rotatable bonds is 4. The lowest BCUT2D eigenvalue weighted by molar-refractivity contribution is -0.546. The highest BCUT2D eigenvalue weighted by Crippen LogP contribution is 2.44. The standard InChI is InChI=1S/C17H22N2O4/c1-23-15(20)11-13-10-14-8-5-9-18(14)16(17(13)19(21)22)12-6-3-2-4-7-12/h2-4,6-7,13-14,16-17H,5,8-11H2,1H3/t13-,14-,16+,17-/m0/s1. The number of fused-ring (bicyclic) bond motifs is 1. The number of hydrogen-bond acceptors (Lipinski definition) is 5. The number of benzene rings is 1. The van der Waals surface area contributed by atoms with Gasteiger partial charge in [0, 0.05) is 16.9 Å². The van der Waals surface area contributed by atoms with E-state index in [1.165, 1.54) is 7.11 Å². The lowest BCUT2D eigenvalue weighted by Crippen LogP contribution is -2.52. The number of methoxy groups -OCH3 is 1. The van der Waals surface area contributed by atoms with E-state index in [0.29, 0.717) is 12.5 Å². The molecular weight excluding hydrogens is 296 g/mol. The summed E-state index contributed by atoms with van der Waals surface area (Å²) in [6.07, 6.45) is 2.93. The smallest absolute Gasteiger partial charge is 0.306 e. The van der Waals surface area contributed by atoms with Crippen molar-refractivity contribution in [1.29, 1.82) is 0 Å². The maximum Gasteiger partial charge on any atom is 0.306 e. The van der Waals surface area contributed by atoms with Crippen LogP contribution in [-0.4, -0.2) is 41.5 Å². The minimum Gasteiger partial charge on any atom is -0.469 e. The van der Waals surface area contributed by atoms with Gasteiger partial charge in [-0.1, -0.05) is 30.3 Å². The SMILES string of the molecule is COC(=O)C[C@@H]1C[C@@H]2CCCN2[C@H](c2ccccc2)[C@H]1[N+](=O)[O-]. The molecule has 0 saturated carbocycles. The van der Waals surface area contributed by atoms with Gasteiger partial charge in [0.15, 0.2) is 0 Å². The van der Waals surface area contributed by atoms with Crippen LogP contribution in [0.1, 0.15) is 37.3 Å². The van der Waals surface area contributed by atoms with Gasteiger partial charge in [0.05, 0.1) is 13.5 Å². The average Bonchev–Trinajstić information content (AvgIpc) is 3.02. The average molecular weight is 318 g/mol. The van der Waals surface area contributed by atoms with E-state index in [0.717, 1.165) is 24.9 Å². The first-order valence-corrected chi connectivity index (χ1v) is 8.13. The van der Waals surface area contributed by atoms with Crippen LogP contribution in [0.3, 0.4) is 0 Å². The Kier molecular flexibility index (Phi) is 4.61. The Hall–Kier alpha value is -1.95. The molecule has 0 unspecified atom stereocenters. The van der Waals surface area contributed by atoms with E-state index in [-0.39, 0.29) is 29.3 Å². The van der Waals surface area contributed by atoms with Gasteiger partial charge in [-0.2, -0.15) is 0 Å². The number of nitrogens with zero attached hydrogens (tertiary/aromatic N) is 2. The molecule has 2 saturated heterocycles. The molecule has 2 heterocycles. The molecule has 0 aliphatic carbocycles. The molecule has 6 heteroatoms. The predicted molar refractivity (Wildman–Crippen MR) is 84.4 cm³/mol. The highest BCUT2D eigenvalue weighted by atomic mass is 16.6. The van der Waals surface area contributed by atoms with Crippen LogP contribution in [0.25, 0.3) is 0 Å². The monoisotopic (exact) mass is 318 g/mol. The first-order valence-electron chi connectivity index (χ1n) is 8.13. The topological polar surface area (TPSA) is 72.7 Å². The van der Waals surface area contributed by atoms with Crippen molar-refractivity contribution in [3.8, 4) is 0 Å². The van der Waals surface area contributed by atoms with Crippen LogP contribution in [0.15, 0.2) is 30.3 Å². The van der Waals surface area contributed by atoms with Crippen molar-refractivity contribution < 1.29 is 14.5 Å². The minimum absolute atomic E-state index is 0.121. The largest absolute Gasteiger partial charge is 0.469 e. The number of ether oxygens (including phenoxy) is 1. The normalized spacial score (nSPS) is 30.7. The molecule has 0 radical (unpaired) electrons. The van der Waals surface area contributed by atoms with Crippen LogP contribution in [0.2, 0.25) is 0 Å². The van der Waals surface area contributed by atoms with Crippen LogP contribution >= 0.6 is 0 Å². The Morgan fingerprint density at radius 3 is 2.78 bits per heavy atom. The predicted octanol–water partition coefficient (Wildman–Crippen LogP) is 2.42. The van der Waals surface area contributed by atoms with Crippen LogP contribution in [0.4, 0.5) is 0 Å². The maximum atomic E-state index is 11.8. The summed E-state index contributed by atoms with van der Waals surface area (Å²) < 4.78 is 4.76. The second kappa shape index (κ2) is 6.66. The zero-order valence-electron chi connectivity index (χ0n) is 13.3. The summed E-state index contributed by atoms with van der Waals surface area (Å²) in [7, 11) is 1.34. The van der Waals surface area contributed by atoms with Crippen molar-refractivity contribution in [2.75, 3.05) is 13.7 Å². The molecule has 4 atom stereocenters. The summed E-state index contributed by atoms with van der Waals surface area (Å²) in [4.78, 5) is 25.6. The second-order valence-electron chi connectivity index (χ2n) is 6.44. The number of carbonyl (C=O) groups is 1. The van der Waals surface area contributed by atoms with Crippen LogP contribution in [-0.2, 0) is 9.53 Å². The van der Waals surface area contributed by atoms with E-state index in [1.807, 2.05) is 30.3 Å². The first kappa shape index (κ1) is 15.9. The van der Waals surface area contributed by atoms with Crippen molar-refractivity contribution in [2.45, 2.75) is 43.8 Å². The van der Waals surface area contributed by atoms with Gasteiger partial charge < -0.3 is 4.74 Å². The zero-order chi connectivity index (χ0) is 16.4. The molecule has 23 heavy (non-hydrogen) atoms. The van der Waals surface area contributed by atoms with Gasteiger partial charge >= 0.3 is 5.97 Å². The Morgan fingerprint density at radius 1 is 1.39 bits per heavy atom. The molecule has 1 aromatic carbocycles. The lowest BCUT2D eigenvalue weighted by atomic mass is 9.78. The molecule has 2 aliphatic rings. The van der Waals surface area contributed by atoms with Gasteiger partial charge in [0.2, 0.25) is 6.04 Å². The lowest BCUT2D eigenvalue weighted by Gasteiger charge is -2.43. The van der Waals surface area contributed by atoms with Gasteiger partial charge in [-0.15, -0.1) is 0 Å². The van der Waals surface area contributed by atoms with Gasteiger partial charge in [0.1, 0.15) is 6.04 Å². The molecule has 0 bridgehead atoms. The van der Waals surface area contributed by atoms with Gasteiger partial charge in [-0.3, -0.25) is 19.8 Å². The number of nitro groups is 1. The highest BCUT2D eigenvalue weighted by molar-refractivity contribution is 5.69. The third-order valence-electron chi connectivity index (χ3n) is 5.20. The van der Waals surface area contributed by atoms with Crippen LogP contribution in [0.5, 0.6) is 0 Å². The molecule has 6 nitrogen and oxygen atoms in total. The van der Waals surface area contributed by atoms with Gasteiger partial charge in [-0.25, -0.2) is 0 Å². The Balaban J connectivity index is 1.97. The van der Waals surface area contributed by atoms with E-state index < -0.39 is 6.04 Å². The van der Waals surface area contributed by atoms with Crippen LogP contribution in [0, 0.1) is 16.0 Å². The first-order chi connectivity index (χ1) is 11.1. The molecule has 124 valence electrons. The van der Waals surface area contributed by atoms with Gasteiger partial charge in [-0.05, 0) is 31.4 Å². The number of esters is 1. The van der Waals surface area contributed by atoms with Gasteiger partial charge in [0.25, 0.3) is 0 Å². The summed E-state index contributed by atoms with van der Waals surface area (Å²) in [5, 5.41) is 11.8. The minimum atomic E-state index is -0.772. The fourth-order valence-corrected chi connectivity index (χ4v) is 4.25. The summed E-state index contributed by atoms with van der Waals surface area (Å²) in [6.45, 7) is 0.888. The van der Waals surface area contributed by atoms with E-state index in [2.05, 4.69) is 4.90 Å². The molecular formula is C17H22N2O4. The van der Waals surface area contributed by atoms with Crippen molar-refractivity contribution in [3.63, 3.8) is 0 Å². The van der Waals surface area contributed by atoms with Crippen molar-refractivity contribution in [3.05, 3.63) is 46.0 Å². The maximum absolute atomic E-state index is 11.8. The van der Waals surface area contributed by atoms with E-state index in [1.54, 1.807) is 0 Å².